The monoisotopic (exact) mass is 282 g/mol. The summed E-state index contributed by atoms with van der Waals surface area (Å²) in [5, 5.41) is 0.328. The minimum atomic E-state index is -0.374. The minimum absolute atomic E-state index is 0.328. The van der Waals surface area contributed by atoms with Crippen LogP contribution < -0.4 is 11.3 Å². The van der Waals surface area contributed by atoms with Gasteiger partial charge in [0.15, 0.2) is 0 Å². The molecule has 1 atom stereocenters. The third-order valence-corrected chi connectivity index (χ3v) is 3.24. The number of hydrogen-bond acceptors (Lipinski definition) is 3. The van der Waals surface area contributed by atoms with Gasteiger partial charge >= 0.3 is 0 Å². The SMILES string of the molecule is CCCn1ccnc1C(NN)c1ccc(F)cc1Cl. The second-order valence-electron chi connectivity index (χ2n) is 4.24. The summed E-state index contributed by atoms with van der Waals surface area (Å²) in [6.07, 6.45) is 4.59. The molecule has 0 radical (unpaired) electrons. The third kappa shape index (κ3) is 2.94. The number of hydrogen-bond donors (Lipinski definition) is 2. The molecule has 3 N–H and O–H groups in total. The van der Waals surface area contributed by atoms with Gasteiger partial charge in [-0.2, -0.15) is 0 Å². The number of nitrogens with two attached hydrogens (primary N) is 1. The molecule has 0 saturated carbocycles. The summed E-state index contributed by atoms with van der Waals surface area (Å²) >= 11 is 6.08. The van der Waals surface area contributed by atoms with Gasteiger partial charge in [0.1, 0.15) is 17.7 Å². The van der Waals surface area contributed by atoms with E-state index in [0.717, 1.165) is 18.8 Å². The van der Waals surface area contributed by atoms with Crippen LogP contribution in [0.25, 0.3) is 0 Å². The molecule has 0 fully saturated rings. The summed E-state index contributed by atoms with van der Waals surface area (Å²) in [6, 6.07) is 3.88. The van der Waals surface area contributed by atoms with E-state index in [2.05, 4.69) is 17.3 Å². The van der Waals surface area contributed by atoms with Crippen LogP contribution in [0.3, 0.4) is 0 Å². The van der Waals surface area contributed by atoms with E-state index >= 15 is 0 Å². The molecule has 1 heterocycles. The van der Waals surface area contributed by atoms with Gasteiger partial charge in [0.05, 0.1) is 0 Å². The van der Waals surface area contributed by atoms with Crippen LogP contribution in [0.4, 0.5) is 4.39 Å². The van der Waals surface area contributed by atoms with E-state index in [9.17, 15) is 4.39 Å². The molecule has 0 aliphatic carbocycles. The lowest BCUT2D eigenvalue weighted by Crippen LogP contribution is -2.31. The predicted octanol–water partition coefficient (Wildman–Crippen LogP) is 2.64. The lowest BCUT2D eigenvalue weighted by atomic mass is 10.1. The first-order chi connectivity index (χ1) is 9.17. The molecule has 102 valence electrons. The molecule has 0 bridgehead atoms. The predicted molar refractivity (Wildman–Crippen MR) is 73.1 cm³/mol. The molecular weight excluding hydrogens is 267 g/mol. The fourth-order valence-electron chi connectivity index (χ4n) is 2.05. The van der Waals surface area contributed by atoms with E-state index in [1.807, 2.05) is 10.8 Å². The summed E-state index contributed by atoms with van der Waals surface area (Å²) < 4.78 is 15.1. The largest absolute Gasteiger partial charge is 0.333 e. The zero-order valence-electron chi connectivity index (χ0n) is 10.6. The van der Waals surface area contributed by atoms with E-state index in [4.69, 9.17) is 17.4 Å². The van der Waals surface area contributed by atoms with E-state index in [1.54, 1.807) is 12.3 Å². The van der Waals surface area contributed by atoms with Crippen LogP contribution in [0.5, 0.6) is 0 Å². The molecule has 0 spiro atoms. The standard InChI is InChI=1S/C13H16ClFN4/c1-2-6-19-7-5-17-13(19)12(18-16)10-4-3-9(15)8-11(10)14/h3-5,7-8,12,18H,2,6,16H2,1H3. The number of rotatable bonds is 5. The molecule has 2 rings (SSSR count). The highest BCUT2D eigenvalue weighted by atomic mass is 35.5. The topological polar surface area (TPSA) is 55.9 Å². The first-order valence-electron chi connectivity index (χ1n) is 6.09. The van der Waals surface area contributed by atoms with Gasteiger partial charge in [-0.05, 0) is 24.1 Å². The van der Waals surface area contributed by atoms with Crippen molar-refractivity contribution in [2.45, 2.75) is 25.9 Å². The molecule has 4 nitrogen and oxygen atoms in total. The summed E-state index contributed by atoms with van der Waals surface area (Å²) in [7, 11) is 0. The van der Waals surface area contributed by atoms with Gasteiger partial charge in [0.2, 0.25) is 0 Å². The van der Waals surface area contributed by atoms with Gasteiger partial charge < -0.3 is 4.57 Å². The molecule has 1 aromatic carbocycles. The van der Waals surface area contributed by atoms with Crippen molar-refractivity contribution >= 4 is 11.6 Å². The zero-order chi connectivity index (χ0) is 13.8. The Bertz CT molecular complexity index is 555. The highest BCUT2D eigenvalue weighted by Crippen LogP contribution is 2.27. The maximum absolute atomic E-state index is 13.1. The van der Waals surface area contributed by atoms with Crippen LogP contribution in [0.1, 0.15) is 30.8 Å². The zero-order valence-corrected chi connectivity index (χ0v) is 11.4. The summed E-state index contributed by atoms with van der Waals surface area (Å²) in [6.45, 7) is 2.92. The van der Waals surface area contributed by atoms with Crippen LogP contribution in [0.2, 0.25) is 5.02 Å². The third-order valence-electron chi connectivity index (χ3n) is 2.91. The summed E-state index contributed by atoms with van der Waals surface area (Å²) in [4.78, 5) is 4.31. The van der Waals surface area contributed by atoms with Crippen molar-refractivity contribution < 1.29 is 4.39 Å². The van der Waals surface area contributed by atoms with Crippen LogP contribution in [-0.4, -0.2) is 9.55 Å². The molecule has 19 heavy (non-hydrogen) atoms. The first kappa shape index (κ1) is 14.0. The fourth-order valence-corrected chi connectivity index (χ4v) is 2.33. The van der Waals surface area contributed by atoms with Gasteiger partial charge in [0, 0.05) is 24.0 Å². The Morgan fingerprint density at radius 3 is 2.95 bits per heavy atom. The second-order valence-corrected chi connectivity index (χ2v) is 4.65. The number of halogens is 2. The maximum atomic E-state index is 13.1. The van der Waals surface area contributed by atoms with Gasteiger partial charge in [-0.25, -0.2) is 14.8 Å². The molecular formula is C13H16ClFN4. The summed E-state index contributed by atoms with van der Waals surface area (Å²) in [5.41, 5.74) is 3.39. The van der Waals surface area contributed by atoms with Gasteiger partial charge in [-0.1, -0.05) is 24.6 Å². The molecule has 1 unspecified atom stereocenters. The second kappa shape index (κ2) is 6.14. The van der Waals surface area contributed by atoms with Gasteiger partial charge in [-0.3, -0.25) is 5.84 Å². The highest BCUT2D eigenvalue weighted by Gasteiger charge is 2.20. The number of hydrazine groups is 1. The number of aryl methyl sites for hydroxylation is 1. The Balaban J connectivity index is 2.41. The molecule has 6 heteroatoms. The van der Waals surface area contributed by atoms with Crippen molar-refractivity contribution in [1.29, 1.82) is 0 Å². The van der Waals surface area contributed by atoms with Crippen LogP contribution >= 0.6 is 11.6 Å². The number of nitrogens with zero attached hydrogens (tertiary/aromatic N) is 2. The smallest absolute Gasteiger partial charge is 0.131 e. The Hall–Kier alpha value is -1.43. The van der Waals surface area contributed by atoms with E-state index in [1.165, 1.54) is 12.1 Å². The van der Waals surface area contributed by atoms with E-state index in [-0.39, 0.29) is 11.9 Å². The molecule has 0 aliphatic rings. The average molecular weight is 283 g/mol. The van der Waals surface area contributed by atoms with Crippen molar-refractivity contribution in [3.05, 3.63) is 52.8 Å². The van der Waals surface area contributed by atoms with Crippen LogP contribution in [-0.2, 0) is 6.54 Å². The lowest BCUT2D eigenvalue weighted by Gasteiger charge is -2.18. The van der Waals surface area contributed by atoms with Gasteiger partial charge in [0.25, 0.3) is 0 Å². The van der Waals surface area contributed by atoms with Crippen molar-refractivity contribution in [2.75, 3.05) is 0 Å². The van der Waals surface area contributed by atoms with Crippen molar-refractivity contribution in [3.8, 4) is 0 Å². The van der Waals surface area contributed by atoms with E-state index < -0.39 is 0 Å². The average Bonchev–Trinajstić information content (AvgIpc) is 2.82. The Kier molecular flexibility index (Phi) is 4.52. The Morgan fingerprint density at radius 1 is 1.53 bits per heavy atom. The van der Waals surface area contributed by atoms with Crippen molar-refractivity contribution in [1.82, 2.24) is 15.0 Å². The number of aromatic nitrogens is 2. The minimum Gasteiger partial charge on any atom is -0.333 e. The van der Waals surface area contributed by atoms with Crippen LogP contribution in [0, 0.1) is 5.82 Å². The fraction of sp³-hybridized carbons (Fsp3) is 0.308. The quantitative estimate of drug-likeness (QED) is 0.655. The Morgan fingerprint density at radius 2 is 2.32 bits per heavy atom. The molecule has 0 amide bonds. The number of benzene rings is 1. The van der Waals surface area contributed by atoms with Gasteiger partial charge in [-0.15, -0.1) is 0 Å². The van der Waals surface area contributed by atoms with E-state index in [0.29, 0.717) is 10.6 Å². The van der Waals surface area contributed by atoms with Crippen molar-refractivity contribution in [3.63, 3.8) is 0 Å². The Labute approximate surface area is 116 Å². The van der Waals surface area contributed by atoms with Crippen molar-refractivity contribution in [2.24, 2.45) is 5.84 Å². The molecule has 2 aromatic rings. The molecule has 0 saturated heterocycles. The molecule has 1 aromatic heterocycles. The number of nitrogens with one attached hydrogen (secondary N) is 1. The highest BCUT2D eigenvalue weighted by molar-refractivity contribution is 6.31. The lowest BCUT2D eigenvalue weighted by molar-refractivity contribution is 0.544. The first-order valence-corrected chi connectivity index (χ1v) is 6.47. The normalized spacial score (nSPS) is 12.6. The maximum Gasteiger partial charge on any atom is 0.131 e. The summed E-state index contributed by atoms with van der Waals surface area (Å²) in [5.74, 6) is 6.00. The van der Waals surface area contributed by atoms with Crippen LogP contribution in [0.15, 0.2) is 30.6 Å². The molecule has 0 aliphatic heterocycles. The number of imidazole rings is 1.